The second kappa shape index (κ2) is 9.42. The fourth-order valence-electron chi connectivity index (χ4n) is 3.47. The van der Waals surface area contributed by atoms with Crippen molar-refractivity contribution in [3.05, 3.63) is 65.9 Å². The Kier molecular flexibility index (Phi) is 6.26. The lowest BCUT2D eigenvalue weighted by molar-refractivity contribution is 0.208. The zero-order valence-corrected chi connectivity index (χ0v) is 17.9. The van der Waals surface area contributed by atoms with Gasteiger partial charge in [0.2, 0.25) is 0 Å². The molecule has 0 saturated carbocycles. The van der Waals surface area contributed by atoms with Crippen LogP contribution in [0.1, 0.15) is 18.2 Å². The average Bonchev–Trinajstić information content (AvgIpc) is 2.80. The van der Waals surface area contributed by atoms with E-state index < -0.39 is 0 Å². The summed E-state index contributed by atoms with van der Waals surface area (Å²) in [6, 6.07) is 17.5. The Hall–Kier alpha value is -3.68. The van der Waals surface area contributed by atoms with Crippen molar-refractivity contribution in [1.29, 1.82) is 0 Å². The van der Waals surface area contributed by atoms with Crippen molar-refractivity contribution in [1.82, 2.24) is 20.1 Å². The van der Waals surface area contributed by atoms with Gasteiger partial charge in [0.05, 0.1) is 0 Å². The monoisotopic (exact) mass is 417 g/mol. The molecule has 3 aromatic rings. The predicted molar refractivity (Wildman–Crippen MR) is 123 cm³/mol. The van der Waals surface area contributed by atoms with Gasteiger partial charge in [-0.25, -0.2) is 9.78 Å². The molecule has 0 unspecified atom stereocenters. The van der Waals surface area contributed by atoms with Gasteiger partial charge >= 0.3 is 6.03 Å². The van der Waals surface area contributed by atoms with E-state index in [1.165, 1.54) is 5.56 Å². The number of aryl methyl sites for hydroxylation is 2. The molecule has 1 aliphatic heterocycles. The standard InChI is InChI=1S/C23H27N7O/c1-3-18-7-9-19(10-8-18)25-23(31)30-15-13-29(14-16-30)22-12-11-21(27-28-22)26-20-6-4-5-17(2)24-20/h4-12H,3,13-16H2,1-2H3,(H,25,31)(H,24,26,27). The van der Waals surface area contributed by atoms with Gasteiger partial charge in [0.1, 0.15) is 5.82 Å². The van der Waals surface area contributed by atoms with Gasteiger partial charge in [0.25, 0.3) is 0 Å². The molecule has 1 saturated heterocycles. The first-order valence-corrected chi connectivity index (χ1v) is 10.5. The van der Waals surface area contributed by atoms with Gasteiger partial charge in [-0.1, -0.05) is 25.1 Å². The van der Waals surface area contributed by atoms with Crippen LogP contribution in [0.2, 0.25) is 0 Å². The normalized spacial score (nSPS) is 13.7. The summed E-state index contributed by atoms with van der Waals surface area (Å²) in [5.41, 5.74) is 3.01. The second-order valence-corrected chi connectivity index (χ2v) is 7.52. The predicted octanol–water partition coefficient (Wildman–Crippen LogP) is 3.84. The lowest BCUT2D eigenvalue weighted by Gasteiger charge is -2.35. The van der Waals surface area contributed by atoms with E-state index in [1.807, 2.05) is 66.4 Å². The highest BCUT2D eigenvalue weighted by Crippen LogP contribution is 2.18. The van der Waals surface area contributed by atoms with E-state index in [1.54, 1.807) is 0 Å². The van der Waals surface area contributed by atoms with Crippen LogP contribution in [0.4, 0.5) is 27.9 Å². The number of pyridine rings is 1. The van der Waals surface area contributed by atoms with Crippen LogP contribution in [0.25, 0.3) is 0 Å². The number of piperazine rings is 1. The van der Waals surface area contributed by atoms with Crippen LogP contribution in [-0.2, 0) is 6.42 Å². The Balaban J connectivity index is 1.29. The zero-order chi connectivity index (χ0) is 21.6. The first-order chi connectivity index (χ1) is 15.1. The molecule has 2 aromatic heterocycles. The van der Waals surface area contributed by atoms with Gasteiger partial charge in [-0.2, -0.15) is 0 Å². The number of nitrogens with zero attached hydrogens (tertiary/aromatic N) is 5. The molecule has 0 bridgehead atoms. The summed E-state index contributed by atoms with van der Waals surface area (Å²) >= 11 is 0. The van der Waals surface area contributed by atoms with Crippen molar-refractivity contribution < 1.29 is 4.79 Å². The number of carbonyl (C=O) groups excluding carboxylic acids is 1. The molecule has 0 atom stereocenters. The third kappa shape index (κ3) is 5.28. The van der Waals surface area contributed by atoms with Crippen molar-refractivity contribution in [3.63, 3.8) is 0 Å². The Morgan fingerprint density at radius 1 is 0.935 bits per heavy atom. The maximum atomic E-state index is 12.6. The summed E-state index contributed by atoms with van der Waals surface area (Å²) in [7, 11) is 0. The summed E-state index contributed by atoms with van der Waals surface area (Å²) in [6.07, 6.45) is 0.985. The quantitative estimate of drug-likeness (QED) is 0.656. The molecule has 0 aliphatic carbocycles. The Labute approximate surface area is 182 Å². The number of hydrogen-bond acceptors (Lipinski definition) is 6. The molecule has 4 rings (SSSR count). The van der Waals surface area contributed by atoms with Crippen LogP contribution in [0, 0.1) is 6.92 Å². The highest BCUT2D eigenvalue weighted by atomic mass is 16.2. The average molecular weight is 418 g/mol. The molecule has 8 nitrogen and oxygen atoms in total. The van der Waals surface area contributed by atoms with Crippen LogP contribution in [0.5, 0.6) is 0 Å². The van der Waals surface area contributed by atoms with Gasteiger partial charge in [-0.15, -0.1) is 10.2 Å². The van der Waals surface area contributed by atoms with E-state index >= 15 is 0 Å². The Morgan fingerprint density at radius 2 is 1.71 bits per heavy atom. The molecule has 0 spiro atoms. The van der Waals surface area contributed by atoms with Gasteiger partial charge in [0.15, 0.2) is 11.6 Å². The smallest absolute Gasteiger partial charge is 0.321 e. The first kappa shape index (κ1) is 20.6. The number of hydrogen-bond donors (Lipinski definition) is 2. The number of nitrogens with one attached hydrogen (secondary N) is 2. The molecular formula is C23H27N7O. The third-order valence-electron chi connectivity index (χ3n) is 5.30. The maximum absolute atomic E-state index is 12.6. The highest BCUT2D eigenvalue weighted by molar-refractivity contribution is 5.89. The zero-order valence-electron chi connectivity index (χ0n) is 17.9. The van der Waals surface area contributed by atoms with Gasteiger partial charge in [-0.3, -0.25) is 0 Å². The van der Waals surface area contributed by atoms with E-state index in [0.717, 1.165) is 29.4 Å². The molecule has 160 valence electrons. The molecule has 8 heteroatoms. The minimum atomic E-state index is -0.0693. The van der Waals surface area contributed by atoms with Crippen molar-refractivity contribution in [3.8, 4) is 0 Å². The summed E-state index contributed by atoms with van der Waals surface area (Å²) in [5, 5.41) is 14.7. The maximum Gasteiger partial charge on any atom is 0.321 e. The minimum absolute atomic E-state index is 0.0693. The molecule has 1 aromatic carbocycles. The van der Waals surface area contributed by atoms with Crippen LogP contribution < -0.4 is 15.5 Å². The van der Waals surface area contributed by atoms with Crippen molar-refractivity contribution in [2.24, 2.45) is 0 Å². The number of anilines is 4. The third-order valence-corrected chi connectivity index (χ3v) is 5.30. The molecule has 0 radical (unpaired) electrons. The lowest BCUT2D eigenvalue weighted by atomic mass is 10.1. The molecule has 3 heterocycles. The summed E-state index contributed by atoms with van der Waals surface area (Å²) < 4.78 is 0. The lowest BCUT2D eigenvalue weighted by Crippen LogP contribution is -2.50. The molecule has 2 amide bonds. The molecule has 1 fully saturated rings. The highest BCUT2D eigenvalue weighted by Gasteiger charge is 2.22. The number of benzene rings is 1. The fraction of sp³-hybridized carbons (Fsp3) is 0.304. The largest absolute Gasteiger partial charge is 0.352 e. The molecule has 1 aliphatic rings. The van der Waals surface area contributed by atoms with E-state index in [0.29, 0.717) is 32.0 Å². The van der Waals surface area contributed by atoms with E-state index in [4.69, 9.17) is 0 Å². The van der Waals surface area contributed by atoms with Crippen LogP contribution in [-0.4, -0.2) is 52.3 Å². The Morgan fingerprint density at radius 3 is 2.35 bits per heavy atom. The van der Waals surface area contributed by atoms with Crippen molar-refractivity contribution in [2.45, 2.75) is 20.3 Å². The number of rotatable bonds is 5. The van der Waals surface area contributed by atoms with Gasteiger partial charge in [-0.05, 0) is 55.3 Å². The molecule has 31 heavy (non-hydrogen) atoms. The summed E-state index contributed by atoms with van der Waals surface area (Å²) in [5.74, 6) is 2.19. The minimum Gasteiger partial charge on any atom is -0.352 e. The molecule has 2 N–H and O–H groups in total. The summed E-state index contributed by atoms with van der Waals surface area (Å²) in [4.78, 5) is 20.9. The van der Waals surface area contributed by atoms with Crippen molar-refractivity contribution in [2.75, 3.05) is 41.7 Å². The van der Waals surface area contributed by atoms with Crippen molar-refractivity contribution >= 4 is 29.2 Å². The van der Waals surface area contributed by atoms with Crippen LogP contribution >= 0.6 is 0 Å². The van der Waals surface area contributed by atoms with E-state index in [2.05, 4.69) is 37.6 Å². The van der Waals surface area contributed by atoms with Gasteiger partial charge < -0.3 is 20.4 Å². The first-order valence-electron chi connectivity index (χ1n) is 10.5. The number of amides is 2. The van der Waals surface area contributed by atoms with E-state index in [9.17, 15) is 4.79 Å². The van der Waals surface area contributed by atoms with Crippen LogP contribution in [0.3, 0.4) is 0 Å². The number of aromatic nitrogens is 3. The summed E-state index contributed by atoms with van der Waals surface area (Å²) in [6.45, 7) is 6.75. The van der Waals surface area contributed by atoms with Gasteiger partial charge in [0, 0.05) is 37.6 Å². The van der Waals surface area contributed by atoms with E-state index in [-0.39, 0.29) is 6.03 Å². The Bertz CT molecular complexity index is 1010. The fourth-order valence-corrected chi connectivity index (χ4v) is 3.47. The topological polar surface area (TPSA) is 86.3 Å². The number of urea groups is 1. The second-order valence-electron chi connectivity index (χ2n) is 7.52. The number of carbonyl (C=O) groups is 1. The SMILES string of the molecule is CCc1ccc(NC(=O)N2CCN(c3ccc(Nc4cccc(C)n4)nn3)CC2)cc1. The van der Waals surface area contributed by atoms with Crippen LogP contribution in [0.15, 0.2) is 54.6 Å². The molecular weight excluding hydrogens is 390 g/mol.